The van der Waals surface area contributed by atoms with Gasteiger partial charge in [-0.2, -0.15) is 0 Å². The summed E-state index contributed by atoms with van der Waals surface area (Å²) in [7, 11) is 0. The molecule has 2 rings (SSSR count). The lowest BCUT2D eigenvalue weighted by atomic mass is 10.1. The summed E-state index contributed by atoms with van der Waals surface area (Å²) in [5.41, 5.74) is 3.74. The topological polar surface area (TPSA) is 4.93 Å². The Morgan fingerprint density at radius 3 is 2.21 bits per heavy atom. The lowest BCUT2D eigenvalue weighted by molar-refractivity contribution is 1.04. The van der Waals surface area contributed by atoms with Crippen LogP contribution in [0.25, 0.3) is 5.69 Å². The molecule has 0 amide bonds. The van der Waals surface area contributed by atoms with Crippen LogP contribution in [0.2, 0.25) is 5.02 Å². The van der Waals surface area contributed by atoms with Crippen molar-refractivity contribution < 1.29 is 0 Å². The molecule has 2 heteroatoms. The molecule has 0 radical (unpaired) electrons. The Kier molecular flexibility index (Phi) is 2.34. The fraction of sp³-hybridized carbons (Fsp3) is 0.167. The van der Waals surface area contributed by atoms with Crippen LogP contribution in [0.3, 0.4) is 0 Å². The van der Waals surface area contributed by atoms with Crippen LogP contribution < -0.4 is 0 Å². The Bertz CT molecular complexity index is 437. The molecule has 0 spiro atoms. The third kappa shape index (κ3) is 1.55. The molecule has 1 nitrogen and oxygen atoms in total. The zero-order chi connectivity index (χ0) is 10.1. The third-order valence-electron chi connectivity index (χ3n) is 2.35. The molecule has 0 N–H and O–H groups in total. The number of aryl methyl sites for hydroxylation is 2. The van der Waals surface area contributed by atoms with E-state index in [0.717, 1.165) is 5.02 Å². The average molecular weight is 206 g/mol. The van der Waals surface area contributed by atoms with E-state index < -0.39 is 0 Å². The van der Waals surface area contributed by atoms with E-state index in [1.807, 2.05) is 18.5 Å². The first-order valence-electron chi connectivity index (χ1n) is 4.58. The highest BCUT2D eigenvalue weighted by atomic mass is 35.5. The van der Waals surface area contributed by atoms with Gasteiger partial charge in [0.15, 0.2) is 0 Å². The molecule has 0 aliphatic rings. The van der Waals surface area contributed by atoms with Crippen molar-refractivity contribution in [3.8, 4) is 5.69 Å². The van der Waals surface area contributed by atoms with Crippen molar-refractivity contribution >= 4 is 11.6 Å². The maximum absolute atomic E-state index is 5.89. The molecule has 0 aliphatic carbocycles. The second-order valence-corrected chi connectivity index (χ2v) is 3.91. The van der Waals surface area contributed by atoms with Gasteiger partial charge in [0.05, 0.1) is 10.7 Å². The van der Waals surface area contributed by atoms with Crippen molar-refractivity contribution in [3.05, 3.63) is 52.8 Å². The minimum atomic E-state index is 0.771. The van der Waals surface area contributed by atoms with E-state index >= 15 is 0 Å². The maximum Gasteiger partial charge on any atom is 0.0586 e. The second-order valence-electron chi connectivity index (χ2n) is 3.48. The Hall–Kier alpha value is -1.21. The maximum atomic E-state index is 5.89. The van der Waals surface area contributed by atoms with E-state index in [9.17, 15) is 0 Å². The minimum absolute atomic E-state index is 0.771. The van der Waals surface area contributed by atoms with Gasteiger partial charge in [-0.25, -0.2) is 0 Å². The molecule has 2 aromatic rings. The zero-order valence-corrected chi connectivity index (χ0v) is 9.05. The molecule has 0 bridgehead atoms. The quantitative estimate of drug-likeness (QED) is 0.668. The first-order chi connectivity index (χ1) is 6.68. The first kappa shape index (κ1) is 9.35. The number of para-hydroxylation sites is 1. The van der Waals surface area contributed by atoms with E-state index in [0.29, 0.717) is 0 Å². The van der Waals surface area contributed by atoms with Crippen molar-refractivity contribution in [1.29, 1.82) is 0 Å². The number of hydrogen-bond donors (Lipinski definition) is 0. The molecule has 0 saturated carbocycles. The van der Waals surface area contributed by atoms with Crippen LogP contribution in [0.15, 0.2) is 36.7 Å². The molecule has 1 aromatic heterocycles. The number of halogens is 1. The lowest BCUT2D eigenvalue weighted by Crippen LogP contribution is -1.96. The van der Waals surface area contributed by atoms with Crippen molar-refractivity contribution in [1.82, 2.24) is 4.57 Å². The van der Waals surface area contributed by atoms with Crippen LogP contribution in [-0.4, -0.2) is 4.57 Å². The molecule has 0 unspecified atom stereocenters. The Morgan fingerprint density at radius 2 is 1.71 bits per heavy atom. The molecule has 14 heavy (non-hydrogen) atoms. The largest absolute Gasteiger partial charge is 0.322 e. The SMILES string of the molecule is Cc1cccc(C)c1-n1ccc(Cl)c1. The van der Waals surface area contributed by atoms with Gasteiger partial charge in [0.1, 0.15) is 0 Å². The number of benzene rings is 1. The fourth-order valence-corrected chi connectivity index (χ4v) is 1.88. The number of hydrogen-bond acceptors (Lipinski definition) is 0. The van der Waals surface area contributed by atoms with E-state index in [4.69, 9.17) is 11.6 Å². The Morgan fingerprint density at radius 1 is 1.07 bits per heavy atom. The number of aromatic nitrogens is 1. The highest BCUT2D eigenvalue weighted by Crippen LogP contribution is 2.21. The second kappa shape index (κ2) is 3.50. The van der Waals surface area contributed by atoms with Crippen LogP contribution in [0.4, 0.5) is 0 Å². The molecule has 0 saturated heterocycles. The van der Waals surface area contributed by atoms with Crippen LogP contribution in [-0.2, 0) is 0 Å². The van der Waals surface area contributed by atoms with Gasteiger partial charge in [-0.15, -0.1) is 0 Å². The molecule has 0 fully saturated rings. The van der Waals surface area contributed by atoms with Gasteiger partial charge in [-0.1, -0.05) is 29.8 Å². The third-order valence-corrected chi connectivity index (χ3v) is 2.58. The van der Waals surface area contributed by atoms with Gasteiger partial charge in [0, 0.05) is 12.4 Å². The normalized spacial score (nSPS) is 10.5. The van der Waals surface area contributed by atoms with Gasteiger partial charge in [-0.3, -0.25) is 0 Å². The summed E-state index contributed by atoms with van der Waals surface area (Å²) in [6, 6.07) is 8.18. The summed E-state index contributed by atoms with van der Waals surface area (Å²) in [6.45, 7) is 4.21. The highest BCUT2D eigenvalue weighted by molar-refractivity contribution is 6.30. The number of nitrogens with zero attached hydrogens (tertiary/aromatic N) is 1. The van der Waals surface area contributed by atoms with Crippen molar-refractivity contribution in [2.45, 2.75) is 13.8 Å². The lowest BCUT2D eigenvalue weighted by Gasteiger charge is -2.10. The average Bonchev–Trinajstić information content (AvgIpc) is 2.51. The molecule has 1 aromatic carbocycles. The predicted octanol–water partition coefficient (Wildman–Crippen LogP) is 3.75. The number of rotatable bonds is 1. The first-order valence-corrected chi connectivity index (χ1v) is 4.96. The molecule has 0 aliphatic heterocycles. The van der Waals surface area contributed by atoms with Gasteiger partial charge in [0.25, 0.3) is 0 Å². The predicted molar refractivity (Wildman–Crippen MR) is 60.3 cm³/mol. The molecule has 0 atom stereocenters. The van der Waals surface area contributed by atoms with Crippen LogP contribution >= 0.6 is 11.6 Å². The van der Waals surface area contributed by atoms with E-state index in [-0.39, 0.29) is 0 Å². The molecule has 72 valence electrons. The smallest absolute Gasteiger partial charge is 0.0586 e. The fourth-order valence-electron chi connectivity index (χ4n) is 1.72. The Balaban J connectivity index is 2.61. The summed E-state index contributed by atoms with van der Waals surface area (Å²) >= 11 is 5.89. The zero-order valence-electron chi connectivity index (χ0n) is 8.29. The Labute approximate surface area is 88.9 Å². The monoisotopic (exact) mass is 205 g/mol. The van der Waals surface area contributed by atoms with Crippen molar-refractivity contribution in [3.63, 3.8) is 0 Å². The van der Waals surface area contributed by atoms with Gasteiger partial charge in [-0.05, 0) is 31.0 Å². The van der Waals surface area contributed by atoms with E-state index in [1.165, 1.54) is 16.8 Å². The van der Waals surface area contributed by atoms with E-state index in [1.54, 1.807) is 0 Å². The summed E-state index contributed by atoms with van der Waals surface area (Å²) in [5, 5.41) is 0.771. The molecular weight excluding hydrogens is 194 g/mol. The summed E-state index contributed by atoms with van der Waals surface area (Å²) in [6.07, 6.45) is 3.91. The van der Waals surface area contributed by atoms with Crippen LogP contribution in [0, 0.1) is 13.8 Å². The summed E-state index contributed by atoms with van der Waals surface area (Å²) in [5.74, 6) is 0. The van der Waals surface area contributed by atoms with Gasteiger partial charge >= 0.3 is 0 Å². The summed E-state index contributed by atoms with van der Waals surface area (Å²) in [4.78, 5) is 0. The van der Waals surface area contributed by atoms with Crippen molar-refractivity contribution in [2.24, 2.45) is 0 Å². The van der Waals surface area contributed by atoms with Crippen molar-refractivity contribution in [2.75, 3.05) is 0 Å². The minimum Gasteiger partial charge on any atom is -0.322 e. The highest BCUT2D eigenvalue weighted by Gasteiger charge is 2.03. The standard InChI is InChI=1S/C12H12ClN/c1-9-4-3-5-10(2)12(9)14-7-6-11(13)8-14/h3-8H,1-2H3. The molecular formula is C12H12ClN. The van der Waals surface area contributed by atoms with Crippen LogP contribution in [0.1, 0.15) is 11.1 Å². The van der Waals surface area contributed by atoms with Gasteiger partial charge in [0.2, 0.25) is 0 Å². The van der Waals surface area contributed by atoms with E-state index in [2.05, 4.69) is 36.6 Å². The van der Waals surface area contributed by atoms with Gasteiger partial charge < -0.3 is 4.57 Å². The summed E-state index contributed by atoms with van der Waals surface area (Å²) < 4.78 is 2.06. The van der Waals surface area contributed by atoms with Crippen LogP contribution in [0.5, 0.6) is 0 Å². The molecule has 1 heterocycles.